The zero-order valence-electron chi connectivity index (χ0n) is 12.0. The molecule has 5 nitrogen and oxygen atoms in total. The van der Waals surface area contributed by atoms with Crippen LogP contribution >= 0.6 is 15.9 Å². The van der Waals surface area contributed by atoms with Crippen molar-refractivity contribution in [3.63, 3.8) is 0 Å². The zero-order chi connectivity index (χ0) is 15.7. The van der Waals surface area contributed by atoms with E-state index in [1.54, 1.807) is 12.1 Å². The second-order valence-corrected chi connectivity index (χ2v) is 7.97. The molecular formula is C15H16BrN3O2S. The maximum Gasteiger partial charge on any atom is 0.241 e. The number of nitrogens with one attached hydrogen (secondary N) is 2. The van der Waals surface area contributed by atoms with Crippen LogP contribution in [0.25, 0.3) is 0 Å². The van der Waals surface area contributed by atoms with Crippen LogP contribution in [0.2, 0.25) is 0 Å². The molecule has 7 heteroatoms. The zero-order valence-corrected chi connectivity index (χ0v) is 14.4. The molecule has 1 aliphatic rings. The second kappa shape index (κ2) is 5.98. The van der Waals surface area contributed by atoms with Gasteiger partial charge in [0, 0.05) is 10.7 Å². The molecule has 1 atom stereocenters. The maximum atomic E-state index is 11.7. The Labute approximate surface area is 138 Å². The number of anilines is 1. The van der Waals surface area contributed by atoms with Crippen molar-refractivity contribution in [2.45, 2.75) is 23.8 Å². The van der Waals surface area contributed by atoms with E-state index in [1.807, 2.05) is 6.07 Å². The molecule has 0 saturated heterocycles. The smallest absolute Gasteiger partial charge is 0.241 e. The van der Waals surface area contributed by atoms with Crippen LogP contribution in [0.3, 0.4) is 0 Å². The molecule has 0 radical (unpaired) electrons. The topological polar surface area (TPSA) is 71.1 Å². The molecule has 0 amide bonds. The quantitative estimate of drug-likeness (QED) is 0.853. The van der Waals surface area contributed by atoms with Crippen LogP contribution in [0.1, 0.15) is 23.6 Å². The third kappa shape index (κ3) is 3.02. The summed E-state index contributed by atoms with van der Waals surface area (Å²) >= 11 is 3.49. The number of fused-ring (bicyclic) bond motifs is 1. The van der Waals surface area contributed by atoms with Gasteiger partial charge in [0.25, 0.3) is 0 Å². The van der Waals surface area contributed by atoms with Crippen LogP contribution in [0.15, 0.2) is 45.9 Å². The van der Waals surface area contributed by atoms with Crippen LogP contribution in [-0.4, -0.2) is 20.4 Å². The van der Waals surface area contributed by atoms with Gasteiger partial charge in [0.2, 0.25) is 10.0 Å². The highest BCUT2D eigenvalue weighted by molar-refractivity contribution is 9.10. The Kier molecular flexibility index (Phi) is 4.20. The standard InChI is InChI=1S/C15H16BrN3O2S/c1-17-22(20,21)12-4-7-15(18-9-12)19-14-6-2-10-8-11(16)3-5-13(10)14/h3-5,7-9,14,17H,2,6H2,1H3,(H,18,19). The van der Waals surface area contributed by atoms with Gasteiger partial charge in [0.05, 0.1) is 6.04 Å². The second-order valence-electron chi connectivity index (χ2n) is 5.17. The number of halogens is 1. The summed E-state index contributed by atoms with van der Waals surface area (Å²) in [5, 5.41) is 3.37. The highest BCUT2D eigenvalue weighted by atomic mass is 79.9. The lowest BCUT2D eigenvalue weighted by atomic mass is 10.1. The molecule has 2 aromatic rings. The summed E-state index contributed by atoms with van der Waals surface area (Å²) in [5.74, 6) is 0.677. The summed E-state index contributed by atoms with van der Waals surface area (Å²) in [6, 6.07) is 9.76. The molecule has 0 spiro atoms. The lowest BCUT2D eigenvalue weighted by Gasteiger charge is -2.15. The lowest BCUT2D eigenvalue weighted by molar-refractivity contribution is 0.588. The number of hydrogen-bond donors (Lipinski definition) is 2. The van der Waals surface area contributed by atoms with Gasteiger partial charge < -0.3 is 5.32 Å². The lowest BCUT2D eigenvalue weighted by Crippen LogP contribution is -2.18. The van der Waals surface area contributed by atoms with Crippen molar-refractivity contribution in [3.8, 4) is 0 Å². The van der Waals surface area contributed by atoms with Gasteiger partial charge in [-0.3, -0.25) is 0 Å². The monoisotopic (exact) mass is 381 g/mol. The van der Waals surface area contributed by atoms with Crippen LogP contribution < -0.4 is 10.0 Å². The summed E-state index contributed by atoms with van der Waals surface area (Å²) in [7, 11) is -2.06. The molecule has 1 heterocycles. The Morgan fingerprint density at radius 3 is 2.77 bits per heavy atom. The van der Waals surface area contributed by atoms with Crippen LogP contribution in [0, 0.1) is 0 Å². The van der Waals surface area contributed by atoms with Crippen molar-refractivity contribution >= 4 is 31.8 Å². The van der Waals surface area contributed by atoms with Gasteiger partial charge in [-0.25, -0.2) is 18.1 Å². The third-order valence-electron chi connectivity index (χ3n) is 3.82. The van der Waals surface area contributed by atoms with Gasteiger partial charge in [0.15, 0.2) is 0 Å². The van der Waals surface area contributed by atoms with Crippen molar-refractivity contribution in [1.29, 1.82) is 0 Å². The molecule has 116 valence electrons. The number of hydrogen-bond acceptors (Lipinski definition) is 4. The fourth-order valence-corrected chi connectivity index (χ4v) is 3.74. The molecule has 1 aromatic heterocycles. The summed E-state index contributed by atoms with van der Waals surface area (Å²) in [6.45, 7) is 0. The van der Waals surface area contributed by atoms with Crippen LogP contribution in [0.4, 0.5) is 5.82 Å². The van der Waals surface area contributed by atoms with Gasteiger partial charge in [-0.05, 0) is 55.3 Å². The highest BCUT2D eigenvalue weighted by Crippen LogP contribution is 2.35. The molecule has 22 heavy (non-hydrogen) atoms. The van der Waals surface area contributed by atoms with Gasteiger partial charge in [0.1, 0.15) is 10.7 Å². The Bertz CT molecular complexity index is 791. The van der Waals surface area contributed by atoms with E-state index in [2.05, 4.69) is 43.1 Å². The fourth-order valence-electron chi connectivity index (χ4n) is 2.66. The van der Waals surface area contributed by atoms with E-state index < -0.39 is 10.0 Å². The van der Waals surface area contributed by atoms with Crippen LogP contribution in [0.5, 0.6) is 0 Å². The number of rotatable bonds is 4. The molecule has 0 aliphatic heterocycles. The number of aryl methyl sites for hydroxylation is 1. The average molecular weight is 382 g/mol. The molecule has 1 aromatic carbocycles. The summed E-state index contributed by atoms with van der Waals surface area (Å²) in [5.41, 5.74) is 2.61. The summed E-state index contributed by atoms with van der Waals surface area (Å²) < 4.78 is 26.7. The molecule has 3 rings (SSSR count). The predicted molar refractivity (Wildman–Crippen MR) is 89.3 cm³/mol. The predicted octanol–water partition coefficient (Wildman–Crippen LogP) is 2.85. The molecule has 0 saturated carbocycles. The van der Waals surface area contributed by atoms with E-state index in [4.69, 9.17) is 0 Å². The number of nitrogens with zero attached hydrogens (tertiary/aromatic N) is 1. The van der Waals surface area contributed by atoms with E-state index in [9.17, 15) is 8.42 Å². The van der Waals surface area contributed by atoms with Crippen molar-refractivity contribution in [2.75, 3.05) is 12.4 Å². The minimum atomic E-state index is -3.44. The van der Waals surface area contributed by atoms with E-state index in [-0.39, 0.29) is 10.9 Å². The first-order chi connectivity index (χ1) is 10.5. The molecule has 2 N–H and O–H groups in total. The minimum Gasteiger partial charge on any atom is -0.363 e. The van der Waals surface area contributed by atoms with Crippen molar-refractivity contribution in [1.82, 2.24) is 9.71 Å². The first-order valence-corrected chi connectivity index (χ1v) is 9.22. The van der Waals surface area contributed by atoms with Gasteiger partial charge in [-0.1, -0.05) is 22.0 Å². The van der Waals surface area contributed by atoms with Gasteiger partial charge in [-0.15, -0.1) is 0 Å². The van der Waals surface area contributed by atoms with Gasteiger partial charge >= 0.3 is 0 Å². The Balaban J connectivity index is 1.78. The normalized spacial score (nSPS) is 17.3. The number of pyridine rings is 1. The third-order valence-corrected chi connectivity index (χ3v) is 5.71. The molecular weight excluding hydrogens is 366 g/mol. The maximum absolute atomic E-state index is 11.7. The van der Waals surface area contributed by atoms with E-state index in [0.29, 0.717) is 5.82 Å². The summed E-state index contributed by atoms with van der Waals surface area (Å²) in [4.78, 5) is 4.37. The average Bonchev–Trinajstić information content (AvgIpc) is 2.90. The largest absolute Gasteiger partial charge is 0.363 e. The van der Waals surface area contributed by atoms with Crippen LogP contribution in [-0.2, 0) is 16.4 Å². The van der Waals surface area contributed by atoms with E-state index >= 15 is 0 Å². The van der Waals surface area contributed by atoms with Crippen molar-refractivity contribution in [3.05, 3.63) is 52.1 Å². The first-order valence-electron chi connectivity index (χ1n) is 6.94. The number of sulfonamides is 1. The number of benzene rings is 1. The van der Waals surface area contributed by atoms with Crippen molar-refractivity contribution < 1.29 is 8.42 Å². The van der Waals surface area contributed by atoms with Gasteiger partial charge in [-0.2, -0.15) is 0 Å². The van der Waals surface area contributed by atoms with E-state index in [1.165, 1.54) is 24.4 Å². The molecule has 1 unspecified atom stereocenters. The number of aromatic nitrogens is 1. The Hall–Kier alpha value is -1.44. The SMILES string of the molecule is CNS(=O)(=O)c1ccc(NC2CCc3cc(Br)ccc32)nc1. The summed E-state index contributed by atoms with van der Waals surface area (Å²) in [6.07, 6.45) is 3.40. The molecule has 0 fully saturated rings. The molecule has 0 bridgehead atoms. The fraction of sp³-hybridized carbons (Fsp3) is 0.267. The molecule has 1 aliphatic carbocycles. The highest BCUT2D eigenvalue weighted by Gasteiger charge is 2.22. The Morgan fingerprint density at radius 2 is 2.09 bits per heavy atom. The van der Waals surface area contributed by atoms with E-state index in [0.717, 1.165) is 17.3 Å². The van der Waals surface area contributed by atoms with Crippen molar-refractivity contribution in [2.24, 2.45) is 0 Å². The Morgan fingerprint density at radius 1 is 1.27 bits per heavy atom. The first kappa shape index (κ1) is 15.5. The minimum absolute atomic E-state index is 0.163.